The second-order valence-corrected chi connectivity index (χ2v) is 3.01. The van der Waals surface area contributed by atoms with E-state index in [1.165, 1.54) is 18.2 Å². The molecule has 4 heteroatoms. The molecular formula is C7H10BFO2. The Morgan fingerprint density at radius 2 is 2.27 bits per heavy atom. The predicted molar refractivity (Wildman–Crippen MR) is 41.5 cm³/mol. The molecule has 1 unspecified atom stereocenters. The molecule has 0 amide bonds. The van der Waals surface area contributed by atoms with Crippen molar-refractivity contribution < 1.29 is 14.4 Å². The third-order valence-corrected chi connectivity index (χ3v) is 1.95. The molecule has 60 valence electrons. The lowest BCUT2D eigenvalue weighted by molar-refractivity contribution is 0.364. The molecule has 0 spiro atoms. The summed E-state index contributed by atoms with van der Waals surface area (Å²) in [5.74, 6) is -0.317. The largest absolute Gasteiger partial charge is 0.462 e. The Kier molecular flexibility index (Phi) is 2.16. The molecule has 0 bridgehead atoms. The van der Waals surface area contributed by atoms with E-state index in [9.17, 15) is 4.39 Å². The van der Waals surface area contributed by atoms with Crippen LogP contribution in [0.25, 0.3) is 0 Å². The van der Waals surface area contributed by atoms with E-state index in [1.54, 1.807) is 6.92 Å². The Bertz CT molecular complexity index is 212. The van der Waals surface area contributed by atoms with E-state index in [0.29, 0.717) is 6.42 Å². The molecule has 1 aliphatic carbocycles. The van der Waals surface area contributed by atoms with Gasteiger partial charge in [-0.1, -0.05) is 13.0 Å². The number of hydrogen-bond acceptors (Lipinski definition) is 2. The van der Waals surface area contributed by atoms with E-state index >= 15 is 0 Å². The summed E-state index contributed by atoms with van der Waals surface area (Å²) in [6, 6.07) is 0. The maximum absolute atomic E-state index is 12.4. The third kappa shape index (κ3) is 1.70. The summed E-state index contributed by atoms with van der Waals surface area (Å²) in [4.78, 5) is 0. The van der Waals surface area contributed by atoms with E-state index < -0.39 is 12.4 Å². The average molecular weight is 156 g/mol. The van der Waals surface area contributed by atoms with Crippen molar-refractivity contribution in [1.29, 1.82) is 0 Å². The normalized spacial score (nSPS) is 30.0. The summed E-state index contributed by atoms with van der Waals surface area (Å²) in [5, 5.41) is 17.0. The second-order valence-electron chi connectivity index (χ2n) is 3.01. The molecule has 2 nitrogen and oxygen atoms in total. The zero-order chi connectivity index (χ0) is 8.48. The van der Waals surface area contributed by atoms with E-state index in [2.05, 4.69) is 0 Å². The van der Waals surface area contributed by atoms with Crippen LogP contribution in [0, 0.1) is 0 Å². The van der Waals surface area contributed by atoms with Gasteiger partial charge in [-0.25, -0.2) is 4.39 Å². The lowest BCUT2D eigenvalue weighted by Gasteiger charge is -2.24. The van der Waals surface area contributed by atoms with Gasteiger partial charge in [0.1, 0.15) is 5.83 Å². The molecule has 11 heavy (non-hydrogen) atoms. The quantitative estimate of drug-likeness (QED) is 0.556. The van der Waals surface area contributed by atoms with Crippen molar-refractivity contribution in [3.8, 4) is 0 Å². The van der Waals surface area contributed by atoms with Crippen LogP contribution in [0.4, 0.5) is 4.39 Å². The summed E-state index contributed by atoms with van der Waals surface area (Å²) >= 11 is 0. The van der Waals surface area contributed by atoms with Gasteiger partial charge in [0, 0.05) is 5.31 Å². The first-order valence-electron chi connectivity index (χ1n) is 3.46. The second kappa shape index (κ2) is 2.79. The maximum Gasteiger partial charge on any atom is 0.462 e. The number of halogens is 1. The summed E-state index contributed by atoms with van der Waals surface area (Å²) in [7, 11) is -1.43. The molecule has 0 saturated carbocycles. The Balaban J connectivity index is 2.74. The minimum Gasteiger partial charge on any atom is -0.426 e. The summed E-state index contributed by atoms with van der Waals surface area (Å²) in [6.07, 6.45) is 4.41. The fraction of sp³-hybridized carbons (Fsp3) is 0.429. The lowest BCUT2D eigenvalue weighted by Crippen LogP contribution is -2.29. The zero-order valence-electron chi connectivity index (χ0n) is 6.29. The first kappa shape index (κ1) is 8.49. The van der Waals surface area contributed by atoms with E-state index in [-0.39, 0.29) is 5.83 Å². The summed E-state index contributed by atoms with van der Waals surface area (Å²) < 4.78 is 12.4. The molecule has 1 atom stereocenters. The predicted octanol–water partition coefficient (Wildman–Crippen LogP) is 1.03. The fourth-order valence-corrected chi connectivity index (χ4v) is 0.915. The Morgan fingerprint density at radius 3 is 2.64 bits per heavy atom. The molecule has 0 saturated heterocycles. The Hall–Kier alpha value is -0.605. The number of rotatable bonds is 1. The molecule has 0 fully saturated rings. The SMILES string of the molecule is CC1(B(O)O)C=CC(F)=CC1. The van der Waals surface area contributed by atoms with Crippen molar-refractivity contribution >= 4 is 7.12 Å². The molecule has 0 heterocycles. The number of allylic oxidation sites excluding steroid dienone is 4. The topological polar surface area (TPSA) is 40.5 Å². The van der Waals surface area contributed by atoms with E-state index in [0.717, 1.165) is 0 Å². The van der Waals surface area contributed by atoms with Crippen LogP contribution in [-0.2, 0) is 0 Å². The van der Waals surface area contributed by atoms with Gasteiger partial charge in [0.05, 0.1) is 0 Å². The van der Waals surface area contributed by atoms with Gasteiger partial charge in [-0.15, -0.1) is 0 Å². The van der Waals surface area contributed by atoms with Crippen LogP contribution in [0.1, 0.15) is 13.3 Å². The molecule has 0 aromatic carbocycles. The van der Waals surface area contributed by atoms with Gasteiger partial charge in [-0.05, 0) is 18.6 Å². The van der Waals surface area contributed by atoms with Crippen molar-refractivity contribution in [2.45, 2.75) is 18.7 Å². The third-order valence-electron chi connectivity index (χ3n) is 1.95. The lowest BCUT2D eigenvalue weighted by atomic mass is 9.56. The van der Waals surface area contributed by atoms with Crippen LogP contribution in [0.2, 0.25) is 5.31 Å². The first-order chi connectivity index (χ1) is 5.04. The van der Waals surface area contributed by atoms with E-state index in [4.69, 9.17) is 10.0 Å². The van der Waals surface area contributed by atoms with Crippen LogP contribution in [0.15, 0.2) is 24.1 Å². The minimum atomic E-state index is -1.43. The van der Waals surface area contributed by atoms with Crippen LogP contribution >= 0.6 is 0 Å². The van der Waals surface area contributed by atoms with Crippen LogP contribution < -0.4 is 0 Å². The van der Waals surface area contributed by atoms with Crippen molar-refractivity contribution in [3.63, 3.8) is 0 Å². The van der Waals surface area contributed by atoms with E-state index in [1.807, 2.05) is 0 Å². The highest BCUT2D eigenvalue weighted by molar-refractivity contribution is 6.46. The zero-order valence-corrected chi connectivity index (χ0v) is 6.29. The molecule has 0 aromatic heterocycles. The van der Waals surface area contributed by atoms with Gasteiger partial charge >= 0.3 is 7.12 Å². The van der Waals surface area contributed by atoms with Crippen LogP contribution in [0.3, 0.4) is 0 Å². The summed E-state index contributed by atoms with van der Waals surface area (Å²) in [5.41, 5.74) is 0. The smallest absolute Gasteiger partial charge is 0.426 e. The van der Waals surface area contributed by atoms with Gasteiger partial charge in [0.25, 0.3) is 0 Å². The Labute approximate surface area is 65.2 Å². The van der Waals surface area contributed by atoms with Gasteiger partial charge in [0.15, 0.2) is 0 Å². The minimum absolute atomic E-state index is 0.317. The molecule has 0 aliphatic heterocycles. The Morgan fingerprint density at radius 1 is 1.64 bits per heavy atom. The average Bonchev–Trinajstić information content (AvgIpc) is 1.95. The molecule has 1 aliphatic rings. The van der Waals surface area contributed by atoms with Gasteiger partial charge in [-0.3, -0.25) is 0 Å². The fourth-order valence-electron chi connectivity index (χ4n) is 0.915. The van der Waals surface area contributed by atoms with Crippen molar-refractivity contribution in [2.24, 2.45) is 0 Å². The van der Waals surface area contributed by atoms with Crippen molar-refractivity contribution in [3.05, 3.63) is 24.1 Å². The molecule has 0 radical (unpaired) electrons. The van der Waals surface area contributed by atoms with Crippen molar-refractivity contribution in [1.82, 2.24) is 0 Å². The molecule has 0 aromatic rings. The van der Waals surface area contributed by atoms with Crippen LogP contribution in [0.5, 0.6) is 0 Å². The first-order valence-corrected chi connectivity index (χ1v) is 3.46. The van der Waals surface area contributed by atoms with Gasteiger partial charge in [-0.2, -0.15) is 0 Å². The van der Waals surface area contributed by atoms with Gasteiger partial charge < -0.3 is 10.0 Å². The molecule has 2 N–H and O–H groups in total. The highest BCUT2D eigenvalue weighted by Gasteiger charge is 2.35. The van der Waals surface area contributed by atoms with Crippen LogP contribution in [-0.4, -0.2) is 17.2 Å². The maximum atomic E-state index is 12.4. The molecular weight excluding hydrogens is 146 g/mol. The number of hydrogen-bond donors (Lipinski definition) is 2. The highest BCUT2D eigenvalue weighted by Crippen LogP contribution is 2.37. The monoisotopic (exact) mass is 156 g/mol. The standard InChI is InChI=1S/C7H10BFO2/c1-7(8(10)11)4-2-6(9)3-5-7/h2-4,10-11H,5H2,1H3. The molecule has 1 rings (SSSR count). The van der Waals surface area contributed by atoms with Gasteiger partial charge in [0.2, 0.25) is 0 Å². The highest BCUT2D eigenvalue weighted by atomic mass is 19.1. The van der Waals surface area contributed by atoms with Crippen molar-refractivity contribution in [2.75, 3.05) is 0 Å². The summed E-state index contributed by atoms with van der Waals surface area (Å²) in [6.45, 7) is 1.66.